The summed E-state index contributed by atoms with van der Waals surface area (Å²) < 4.78 is 3.02. The van der Waals surface area contributed by atoms with Crippen LogP contribution in [0, 0.1) is 3.57 Å². The average molecular weight is 347 g/mol. The van der Waals surface area contributed by atoms with Crippen LogP contribution in [0.15, 0.2) is 12.3 Å². The van der Waals surface area contributed by atoms with Gasteiger partial charge in [0.1, 0.15) is 5.69 Å². The van der Waals surface area contributed by atoms with Gasteiger partial charge in [-0.1, -0.05) is 6.92 Å². The molecular weight excluding hydrogens is 329 g/mol. The lowest BCUT2D eigenvalue weighted by molar-refractivity contribution is 0.0634. The van der Waals surface area contributed by atoms with Crippen LogP contribution in [0.1, 0.15) is 17.4 Å². The monoisotopic (exact) mass is 347 g/mol. The highest BCUT2D eigenvalue weighted by Crippen LogP contribution is 2.13. The number of aryl methyl sites for hydroxylation is 1. The number of nitrogens with zero attached hydrogens (tertiary/aromatic N) is 3. The first-order valence-electron chi connectivity index (χ1n) is 5.95. The highest BCUT2D eigenvalue weighted by molar-refractivity contribution is 14.1. The van der Waals surface area contributed by atoms with Gasteiger partial charge in [0.2, 0.25) is 0 Å². The lowest BCUT2D eigenvalue weighted by Crippen LogP contribution is -2.48. The van der Waals surface area contributed by atoms with Gasteiger partial charge in [-0.2, -0.15) is 0 Å². The number of likely N-dealkylation sites (N-methyl/N-ethyl adjacent to an activating group) is 1. The number of carbonyl (C=O) groups is 1. The van der Waals surface area contributed by atoms with Gasteiger partial charge in [0.25, 0.3) is 5.91 Å². The fourth-order valence-electron chi connectivity index (χ4n) is 2.17. The van der Waals surface area contributed by atoms with E-state index in [2.05, 4.69) is 34.4 Å². The van der Waals surface area contributed by atoms with Crippen LogP contribution < -0.4 is 0 Å². The average Bonchev–Trinajstić information content (AvgIpc) is 2.68. The maximum Gasteiger partial charge on any atom is 0.270 e. The first-order chi connectivity index (χ1) is 8.11. The third-order valence-corrected chi connectivity index (χ3v) is 3.89. The molecule has 1 saturated heterocycles. The Morgan fingerprint density at radius 1 is 1.35 bits per heavy atom. The standard InChI is InChI=1S/C12H18IN3O/c1-3-15-4-6-16(7-5-15)12(17)11-8-10(13)9-14(11)2/h8-9H,3-7H2,1-2H3. The minimum Gasteiger partial charge on any atom is -0.346 e. The molecule has 0 spiro atoms. The third-order valence-electron chi connectivity index (χ3n) is 3.30. The minimum atomic E-state index is 0.158. The highest BCUT2D eigenvalue weighted by Gasteiger charge is 2.23. The van der Waals surface area contributed by atoms with E-state index in [0.29, 0.717) is 0 Å². The lowest BCUT2D eigenvalue weighted by atomic mass is 10.3. The Morgan fingerprint density at radius 3 is 2.47 bits per heavy atom. The van der Waals surface area contributed by atoms with Gasteiger partial charge >= 0.3 is 0 Å². The van der Waals surface area contributed by atoms with Crippen LogP contribution in [0.4, 0.5) is 0 Å². The van der Waals surface area contributed by atoms with Crippen molar-refractivity contribution in [3.05, 3.63) is 21.5 Å². The van der Waals surface area contributed by atoms with Crippen molar-refractivity contribution in [1.82, 2.24) is 14.4 Å². The quantitative estimate of drug-likeness (QED) is 0.757. The molecule has 94 valence electrons. The summed E-state index contributed by atoms with van der Waals surface area (Å²) in [7, 11) is 1.93. The Bertz CT molecular complexity index is 408. The van der Waals surface area contributed by atoms with Gasteiger partial charge in [-0.05, 0) is 35.2 Å². The molecule has 0 saturated carbocycles. The molecule has 0 atom stereocenters. The molecule has 1 fully saturated rings. The number of piperazine rings is 1. The predicted octanol–water partition coefficient (Wildman–Crippen LogP) is 1.41. The van der Waals surface area contributed by atoms with Crippen LogP contribution in [0.2, 0.25) is 0 Å². The van der Waals surface area contributed by atoms with E-state index in [9.17, 15) is 4.79 Å². The number of hydrogen-bond acceptors (Lipinski definition) is 2. The van der Waals surface area contributed by atoms with Crippen LogP contribution in [0.5, 0.6) is 0 Å². The summed E-state index contributed by atoms with van der Waals surface area (Å²) in [6, 6.07) is 1.95. The van der Waals surface area contributed by atoms with Gasteiger partial charge in [-0.25, -0.2) is 0 Å². The van der Waals surface area contributed by atoms with Crippen molar-refractivity contribution in [2.24, 2.45) is 7.05 Å². The maximum absolute atomic E-state index is 12.3. The summed E-state index contributed by atoms with van der Waals surface area (Å²) in [5, 5.41) is 0. The van der Waals surface area contributed by atoms with Crippen molar-refractivity contribution in [2.45, 2.75) is 6.92 Å². The van der Waals surface area contributed by atoms with E-state index in [1.54, 1.807) is 0 Å². The summed E-state index contributed by atoms with van der Waals surface area (Å²) >= 11 is 2.24. The molecule has 1 aliphatic heterocycles. The minimum absolute atomic E-state index is 0.158. The molecule has 5 heteroatoms. The van der Waals surface area contributed by atoms with E-state index < -0.39 is 0 Å². The topological polar surface area (TPSA) is 28.5 Å². The number of amides is 1. The summed E-state index contributed by atoms with van der Waals surface area (Å²) in [5.41, 5.74) is 0.791. The molecule has 1 aromatic heterocycles. The smallest absolute Gasteiger partial charge is 0.270 e. The second-order valence-corrected chi connectivity index (χ2v) is 5.63. The maximum atomic E-state index is 12.3. The Hall–Kier alpha value is -0.560. The zero-order chi connectivity index (χ0) is 12.4. The van der Waals surface area contributed by atoms with Crippen molar-refractivity contribution in [2.75, 3.05) is 32.7 Å². The van der Waals surface area contributed by atoms with Crippen LogP contribution in [-0.2, 0) is 7.05 Å². The molecule has 2 rings (SSSR count). The molecule has 1 aliphatic rings. The first-order valence-corrected chi connectivity index (χ1v) is 7.03. The van der Waals surface area contributed by atoms with Crippen molar-refractivity contribution in [1.29, 1.82) is 0 Å². The van der Waals surface area contributed by atoms with E-state index in [0.717, 1.165) is 42.0 Å². The number of carbonyl (C=O) groups excluding carboxylic acids is 1. The van der Waals surface area contributed by atoms with Crippen LogP contribution in [0.25, 0.3) is 0 Å². The van der Waals surface area contributed by atoms with E-state index in [1.165, 1.54) is 0 Å². The van der Waals surface area contributed by atoms with Crippen molar-refractivity contribution >= 4 is 28.5 Å². The first kappa shape index (κ1) is 12.9. The van der Waals surface area contributed by atoms with Crippen LogP contribution in [-0.4, -0.2) is 53.0 Å². The van der Waals surface area contributed by atoms with E-state index in [-0.39, 0.29) is 5.91 Å². The summed E-state index contributed by atoms with van der Waals surface area (Å²) in [5.74, 6) is 0.158. The van der Waals surface area contributed by atoms with Crippen molar-refractivity contribution < 1.29 is 4.79 Å². The summed E-state index contributed by atoms with van der Waals surface area (Å²) in [6.45, 7) is 6.90. The largest absolute Gasteiger partial charge is 0.346 e. The van der Waals surface area contributed by atoms with Crippen LogP contribution in [0.3, 0.4) is 0 Å². The zero-order valence-electron chi connectivity index (χ0n) is 10.3. The van der Waals surface area contributed by atoms with Crippen molar-refractivity contribution in [3.8, 4) is 0 Å². The molecule has 1 amide bonds. The molecule has 0 aliphatic carbocycles. The molecule has 0 aromatic carbocycles. The van der Waals surface area contributed by atoms with E-state index in [4.69, 9.17) is 0 Å². The van der Waals surface area contributed by atoms with Gasteiger partial charge in [0.15, 0.2) is 0 Å². The Morgan fingerprint density at radius 2 is 2.00 bits per heavy atom. The number of aromatic nitrogens is 1. The van der Waals surface area contributed by atoms with E-state index in [1.807, 2.05) is 28.8 Å². The van der Waals surface area contributed by atoms with Gasteiger partial charge in [-0.3, -0.25) is 4.79 Å². The second kappa shape index (κ2) is 5.39. The molecule has 2 heterocycles. The molecule has 0 N–H and O–H groups in total. The van der Waals surface area contributed by atoms with E-state index >= 15 is 0 Å². The zero-order valence-corrected chi connectivity index (χ0v) is 12.5. The van der Waals surface area contributed by atoms with Crippen LogP contribution >= 0.6 is 22.6 Å². The highest BCUT2D eigenvalue weighted by atomic mass is 127. The van der Waals surface area contributed by atoms with Gasteiger partial charge in [-0.15, -0.1) is 0 Å². The third kappa shape index (κ3) is 2.82. The SMILES string of the molecule is CCN1CCN(C(=O)c2cc(I)cn2C)CC1. The number of hydrogen-bond donors (Lipinski definition) is 0. The molecule has 4 nitrogen and oxygen atoms in total. The summed E-state index contributed by atoms with van der Waals surface area (Å²) in [6.07, 6.45) is 1.98. The molecular formula is C12H18IN3O. The fraction of sp³-hybridized carbons (Fsp3) is 0.583. The Labute approximate surface area is 116 Å². The summed E-state index contributed by atoms with van der Waals surface area (Å²) in [4.78, 5) is 16.6. The number of halogens is 1. The second-order valence-electron chi connectivity index (χ2n) is 4.38. The Balaban J connectivity index is 2.04. The lowest BCUT2D eigenvalue weighted by Gasteiger charge is -2.34. The normalized spacial score (nSPS) is 17.5. The Kier molecular flexibility index (Phi) is 4.09. The molecule has 0 unspecified atom stereocenters. The van der Waals surface area contributed by atoms with Crippen molar-refractivity contribution in [3.63, 3.8) is 0 Å². The molecule has 0 radical (unpaired) electrons. The van der Waals surface area contributed by atoms with Gasteiger partial charge < -0.3 is 14.4 Å². The van der Waals surface area contributed by atoms with Gasteiger partial charge in [0, 0.05) is 43.0 Å². The molecule has 0 bridgehead atoms. The molecule has 17 heavy (non-hydrogen) atoms. The predicted molar refractivity (Wildman–Crippen MR) is 76.1 cm³/mol. The fourth-order valence-corrected chi connectivity index (χ4v) is 2.88. The molecule has 1 aromatic rings. The van der Waals surface area contributed by atoms with Gasteiger partial charge in [0.05, 0.1) is 0 Å². The number of rotatable bonds is 2.